The summed E-state index contributed by atoms with van der Waals surface area (Å²) in [5, 5.41) is 15.7. The average molecular weight is 293 g/mol. The van der Waals surface area contributed by atoms with Crippen molar-refractivity contribution in [3.05, 3.63) is 35.9 Å². The Balaban J connectivity index is 2.38. The molecule has 7 nitrogen and oxygen atoms in total. The van der Waals surface area contributed by atoms with E-state index < -0.39 is 24.5 Å². The number of aliphatic carboxylic acids is 1. The Labute approximate surface area is 122 Å². The Morgan fingerprint density at radius 2 is 1.76 bits per heavy atom. The summed E-state index contributed by atoms with van der Waals surface area (Å²) in [5.41, 5.74) is 0.977. The molecule has 1 atom stereocenters. The van der Waals surface area contributed by atoms with Crippen molar-refractivity contribution in [2.45, 2.75) is 19.4 Å². The van der Waals surface area contributed by atoms with E-state index in [9.17, 15) is 14.4 Å². The van der Waals surface area contributed by atoms with Crippen LogP contribution in [0.5, 0.6) is 0 Å². The summed E-state index contributed by atoms with van der Waals surface area (Å²) in [6, 6.07) is 8.86. The topological polar surface area (TPSA) is 108 Å². The van der Waals surface area contributed by atoms with E-state index in [1.165, 1.54) is 0 Å². The molecule has 0 fully saturated rings. The second kappa shape index (κ2) is 8.57. The molecule has 0 bridgehead atoms. The van der Waals surface area contributed by atoms with E-state index in [1.54, 1.807) is 0 Å². The van der Waals surface area contributed by atoms with Crippen LogP contribution in [-0.2, 0) is 9.59 Å². The van der Waals surface area contributed by atoms with Gasteiger partial charge in [-0.15, -0.1) is 0 Å². The fourth-order valence-electron chi connectivity index (χ4n) is 1.71. The minimum atomic E-state index is -1.14. The molecule has 7 heteroatoms. The monoisotopic (exact) mass is 293 g/mol. The van der Waals surface area contributed by atoms with E-state index in [4.69, 9.17) is 5.11 Å². The highest BCUT2D eigenvalue weighted by atomic mass is 16.4. The number of benzene rings is 1. The Hall–Kier alpha value is -2.57. The predicted octanol–water partition coefficient (Wildman–Crippen LogP) is 0.638. The van der Waals surface area contributed by atoms with Crippen molar-refractivity contribution >= 4 is 17.9 Å². The lowest BCUT2D eigenvalue weighted by Gasteiger charge is -2.17. The zero-order valence-electron chi connectivity index (χ0n) is 11.8. The molecule has 3 amide bonds. The van der Waals surface area contributed by atoms with Crippen LogP contribution in [0.15, 0.2) is 30.3 Å². The molecule has 0 saturated carbocycles. The first kappa shape index (κ1) is 16.5. The summed E-state index contributed by atoms with van der Waals surface area (Å²) >= 11 is 0. The third kappa shape index (κ3) is 6.42. The molecule has 0 radical (unpaired) electrons. The third-order valence-electron chi connectivity index (χ3n) is 2.76. The van der Waals surface area contributed by atoms with Gasteiger partial charge in [0.25, 0.3) is 0 Å². The predicted molar refractivity (Wildman–Crippen MR) is 76.7 cm³/mol. The smallest absolute Gasteiger partial charge is 0.322 e. The lowest BCUT2D eigenvalue weighted by atomic mass is 10.1. The maximum Gasteiger partial charge on any atom is 0.322 e. The van der Waals surface area contributed by atoms with Crippen molar-refractivity contribution in [2.24, 2.45) is 0 Å². The van der Waals surface area contributed by atoms with Gasteiger partial charge in [0.2, 0.25) is 5.91 Å². The molecule has 21 heavy (non-hydrogen) atoms. The SMILES string of the molecule is CCC(NC(=O)NCC(=O)NCC(=O)O)c1ccccc1. The fraction of sp³-hybridized carbons (Fsp3) is 0.357. The minimum Gasteiger partial charge on any atom is -0.480 e. The molecule has 1 rings (SSSR count). The molecule has 0 aliphatic heterocycles. The van der Waals surface area contributed by atoms with Crippen molar-refractivity contribution in [3.8, 4) is 0 Å². The molecular formula is C14H19N3O4. The molecule has 1 unspecified atom stereocenters. The van der Waals surface area contributed by atoms with E-state index in [2.05, 4.69) is 16.0 Å². The molecule has 0 aromatic heterocycles. The lowest BCUT2D eigenvalue weighted by Crippen LogP contribution is -2.44. The summed E-state index contributed by atoms with van der Waals surface area (Å²) in [4.78, 5) is 33.2. The maximum atomic E-state index is 11.7. The molecule has 1 aromatic carbocycles. The lowest BCUT2D eigenvalue weighted by molar-refractivity contribution is -0.137. The Kier molecular flexibility index (Phi) is 6.73. The van der Waals surface area contributed by atoms with Gasteiger partial charge in [0.15, 0.2) is 0 Å². The van der Waals surface area contributed by atoms with E-state index in [0.29, 0.717) is 6.42 Å². The minimum absolute atomic E-state index is 0.145. The number of carboxylic acids is 1. The van der Waals surface area contributed by atoms with Crippen LogP contribution in [0.4, 0.5) is 4.79 Å². The molecule has 0 aliphatic carbocycles. The van der Waals surface area contributed by atoms with Crippen molar-refractivity contribution in [1.82, 2.24) is 16.0 Å². The van der Waals surface area contributed by atoms with Gasteiger partial charge in [-0.2, -0.15) is 0 Å². The van der Waals surface area contributed by atoms with Crippen LogP contribution in [-0.4, -0.2) is 36.1 Å². The maximum absolute atomic E-state index is 11.7. The van der Waals surface area contributed by atoms with Gasteiger partial charge in [0, 0.05) is 0 Å². The third-order valence-corrected chi connectivity index (χ3v) is 2.76. The number of nitrogens with one attached hydrogen (secondary N) is 3. The van der Waals surface area contributed by atoms with E-state index in [1.807, 2.05) is 37.3 Å². The number of carbonyl (C=O) groups excluding carboxylic acids is 2. The molecule has 0 saturated heterocycles. The second-order valence-electron chi connectivity index (χ2n) is 4.37. The van der Waals surface area contributed by atoms with E-state index in [-0.39, 0.29) is 12.6 Å². The van der Waals surface area contributed by atoms with Crippen molar-refractivity contribution in [1.29, 1.82) is 0 Å². The van der Waals surface area contributed by atoms with Crippen molar-refractivity contribution in [3.63, 3.8) is 0 Å². The Morgan fingerprint density at radius 1 is 1.10 bits per heavy atom. The number of hydrogen-bond acceptors (Lipinski definition) is 3. The van der Waals surface area contributed by atoms with Gasteiger partial charge >= 0.3 is 12.0 Å². The molecular weight excluding hydrogens is 274 g/mol. The van der Waals surface area contributed by atoms with E-state index >= 15 is 0 Å². The van der Waals surface area contributed by atoms with Gasteiger partial charge in [0.1, 0.15) is 6.54 Å². The van der Waals surface area contributed by atoms with Crippen LogP contribution in [0.25, 0.3) is 0 Å². The highest BCUT2D eigenvalue weighted by molar-refractivity contribution is 5.86. The summed E-state index contributed by atoms with van der Waals surface area (Å²) in [7, 11) is 0. The van der Waals surface area contributed by atoms with Crippen molar-refractivity contribution < 1.29 is 19.5 Å². The molecule has 0 heterocycles. The van der Waals surface area contributed by atoms with E-state index in [0.717, 1.165) is 5.56 Å². The zero-order chi connectivity index (χ0) is 15.7. The number of carbonyl (C=O) groups is 3. The first-order chi connectivity index (χ1) is 10.0. The molecule has 0 aliphatic rings. The van der Waals surface area contributed by atoms with Crippen LogP contribution in [0, 0.1) is 0 Å². The number of carboxylic acid groups (broad SMARTS) is 1. The quantitative estimate of drug-likeness (QED) is 0.591. The van der Waals surface area contributed by atoms with Gasteiger partial charge in [-0.3, -0.25) is 9.59 Å². The average Bonchev–Trinajstić information content (AvgIpc) is 2.49. The summed E-state index contributed by atoms with van der Waals surface area (Å²) in [5.74, 6) is -1.69. The zero-order valence-corrected chi connectivity index (χ0v) is 11.8. The van der Waals surface area contributed by atoms with Gasteiger partial charge in [0.05, 0.1) is 12.6 Å². The van der Waals surface area contributed by atoms with Crippen LogP contribution in [0.2, 0.25) is 0 Å². The first-order valence-corrected chi connectivity index (χ1v) is 6.60. The van der Waals surface area contributed by atoms with Crippen LogP contribution in [0.1, 0.15) is 24.9 Å². The summed E-state index contributed by atoms with van der Waals surface area (Å²) < 4.78 is 0. The highest BCUT2D eigenvalue weighted by Gasteiger charge is 2.13. The van der Waals surface area contributed by atoms with Crippen molar-refractivity contribution in [2.75, 3.05) is 13.1 Å². The first-order valence-electron chi connectivity index (χ1n) is 6.60. The van der Waals surface area contributed by atoms with Crippen LogP contribution in [0.3, 0.4) is 0 Å². The molecule has 0 spiro atoms. The molecule has 114 valence electrons. The number of hydrogen-bond donors (Lipinski definition) is 4. The Bertz CT molecular complexity index is 490. The fourth-order valence-corrected chi connectivity index (χ4v) is 1.71. The van der Waals surface area contributed by atoms with Gasteiger partial charge < -0.3 is 21.1 Å². The van der Waals surface area contributed by atoms with Crippen LogP contribution < -0.4 is 16.0 Å². The Morgan fingerprint density at radius 3 is 2.33 bits per heavy atom. The standard InChI is InChI=1S/C14H19N3O4/c1-2-11(10-6-4-3-5-7-10)17-14(21)16-8-12(18)15-9-13(19)20/h3-7,11H,2,8-9H2,1H3,(H,15,18)(H,19,20)(H2,16,17,21). The second-order valence-corrected chi connectivity index (χ2v) is 4.37. The molecule has 1 aromatic rings. The number of amides is 3. The normalized spacial score (nSPS) is 11.3. The van der Waals surface area contributed by atoms with Gasteiger partial charge in [-0.25, -0.2) is 4.79 Å². The van der Waals surface area contributed by atoms with Gasteiger partial charge in [-0.05, 0) is 12.0 Å². The van der Waals surface area contributed by atoms with Crippen LogP contribution >= 0.6 is 0 Å². The number of urea groups is 1. The summed E-state index contributed by atoms with van der Waals surface area (Å²) in [6.45, 7) is 1.20. The largest absolute Gasteiger partial charge is 0.480 e. The van der Waals surface area contributed by atoms with Gasteiger partial charge in [-0.1, -0.05) is 37.3 Å². The summed E-state index contributed by atoms with van der Waals surface area (Å²) in [6.07, 6.45) is 0.711. The highest BCUT2D eigenvalue weighted by Crippen LogP contribution is 2.15. The number of rotatable bonds is 7. The molecule has 4 N–H and O–H groups in total.